The van der Waals surface area contributed by atoms with Crippen molar-refractivity contribution in [1.82, 2.24) is 20.5 Å². The molecule has 1 aromatic rings. The quantitative estimate of drug-likeness (QED) is 0.765. The number of nitrogens with zero attached hydrogens (tertiary/aromatic N) is 2. The lowest BCUT2D eigenvalue weighted by Crippen LogP contribution is -2.52. The van der Waals surface area contributed by atoms with Crippen LogP contribution in [-0.2, 0) is 16.0 Å². The summed E-state index contributed by atoms with van der Waals surface area (Å²) in [5.41, 5.74) is 0.955. The molecule has 0 radical (unpaired) electrons. The molecule has 6 nitrogen and oxygen atoms in total. The summed E-state index contributed by atoms with van der Waals surface area (Å²) in [6.45, 7) is 2.07. The zero-order valence-electron chi connectivity index (χ0n) is 12.0. The predicted octanol–water partition coefficient (Wildman–Crippen LogP) is -0.160. The average Bonchev–Trinajstić information content (AvgIpc) is 2.41. The van der Waals surface area contributed by atoms with Crippen molar-refractivity contribution in [3.63, 3.8) is 0 Å². The predicted molar refractivity (Wildman–Crippen MR) is 82.2 cm³/mol. The number of carbonyl (C=O) groups is 2. The minimum atomic E-state index is -0.0819. The maximum Gasteiger partial charge on any atom is 0.241 e. The molecule has 1 aliphatic rings. The summed E-state index contributed by atoms with van der Waals surface area (Å²) < 4.78 is 0. The summed E-state index contributed by atoms with van der Waals surface area (Å²) in [5, 5.41) is 5.71. The van der Waals surface area contributed by atoms with Gasteiger partial charge in [-0.1, -0.05) is 6.07 Å². The maximum absolute atomic E-state index is 11.9. The minimum absolute atomic E-state index is 0. The van der Waals surface area contributed by atoms with E-state index >= 15 is 0 Å². The molecule has 0 unspecified atom stereocenters. The van der Waals surface area contributed by atoms with E-state index in [0.29, 0.717) is 26.1 Å². The van der Waals surface area contributed by atoms with Gasteiger partial charge in [-0.25, -0.2) is 0 Å². The van der Waals surface area contributed by atoms with Crippen molar-refractivity contribution in [3.8, 4) is 0 Å². The van der Waals surface area contributed by atoms with Gasteiger partial charge in [0.25, 0.3) is 0 Å². The molecule has 0 spiro atoms. The summed E-state index contributed by atoms with van der Waals surface area (Å²) in [5.74, 6) is -0.113. The number of nitrogens with one attached hydrogen (secondary N) is 2. The van der Waals surface area contributed by atoms with Gasteiger partial charge in [0, 0.05) is 45.0 Å². The molecule has 1 fully saturated rings. The Morgan fingerprint density at radius 1 is 1.43 bits per heavy atom. The Morgan fingerprint density at radius 2 is 2.19 bits per heavy atom. The van der Waals surface area contributed by atoms with Crippen LogP contribution in [0.3, 0.4) is 0 Å². The molecule has 0 bridgehead atoms. The van der Waals surface area contributed by atoms with Gasteiger partial charge >= 0.3 is 0 Å². The molecule has 2 heterocycles. The monoisotopic (exact) mass is 312 g/mol. The third kappa shape index (κ3) is 5.32. The van der Waals surface area contributed by atoms with Gasteiger partial charge in [-0.3, -0.25) is 14.6 Å². The van der Waals surface area contributed by atoms with Crippen LogP contribution in [0, 0.1) is 5.92 Å². The smallest absolute Gasteiger partial charge is 0.241 e. The molecule has 7 heteroatoms. The Hall–Kier alpha value is -1.66. The fourth-order valence-electron chi connectivity index (χ4n) is 1.87. The first kappa shape index (κ1) is 17.4. The van der Waals surface area contributed by atoms with Crippen molar-refractivity contribution in [1.29, 1.82) is 0 Å². The summed E-state index contributed by atoms with van der Waals surface area (Å²) in [7, 11) is 1.74. The average molecular weight is 313 g/mol. The van der Waals surface area contributed by atoms with E-state index in [1.54, 1.807) is 18.1 Å². The van der Waals surface area contributed by atoms with Crippen LogP contribution in [0.1, 0.15) is 5.69 Å². The molecule has 1 aromatic heterocycles. The van der Waals surface area contributed by atoms with Crippen molar-refractivity contribution in [3.05, 3.63) is 30.1 Å². The molecular formula is C14H21ClN4O2. The van der Waals surface area contributed by atoms with E-state index < -0.39 is 0 Å². The standard InChI is InChI=1S/C14H20N4O2.ClH/c1-18(7-5-12-4-2-3-6-16-12)13(19)10-17-14(20)11-8-15-9-11;/h2-4,6,11,15H,5,7-10H2,1H3,(H,17,20);1H. The maximum atomic E-state index is 11.9. The van der Waals surface area contributed by atoms with E-state index in [9.17, 15) is 9.59 Å². The molecule has 0 aliphatic carbocycles. The Balaban J connectivity index is 0.00000220. The molecule has 1 aliphatic heterocycles. The van der Waals surface area contributed by atoms with Gasteiger partial charge in [-0.2, -0.15) is 0 Å². The van der Waals surface area contributed by atoms with E-state index in [1.165, 1.54) is 0 Å². The normalized spacial score (nSPS) is 13.8. The molecular weight excluding hydrogens is 292 g/mol. The number of hydrogen-bond donors (Lipinski definition) is 2. The van der Waals surface area contributed by atoms with E-state index in [0.717, 1.165) is 5.69 Å². The summed E-state index contributed by atoms with van der Waals surface area (Å²) >= 11 is 0. The van der Waals surface area contributed by atoms with Gasteiger partial charge in [0.1, 0.15) is 0 Å². The van der Waals surface area contributed by atoms with Crippen LogP contribution in [0.4, 0.5) is 0 Å². The van der Waals surface area contributed by atoms with Gasteiger partial charge in [0.2, 0.25) is 11.8 Å². The molecule has 2 amide bonds. The molecule has 2 rings (SSSR count). The Morgan fingerprint density at radius 3 is 2.76 bits per heavy atom. The number of likely N-dealkylation sites (N-methyl/N-ethyl adjacent to an activating group) is 1. The summed E-state index contributed by atoms with van der Waals surface area (Å²) in [4.78, 5) is 29.3. The molecule has 0 aromatic carbocycles. The van der Waals surface area contributed by atoms with Crippen molar-refractivity contribution in [2.24, 2.45) is 5.92 Å². The van der Waals surface area contributed by atoms with Gasteiger partial charge in [-0.15, -0.1) is 12.4 Å². The lowest BCUT2D eigenvalue weighted by atomic mass is 10.0. The minimum Gasteiger partial charge on any atom is -0.347 e. The highest BCUT2D eigenvalue weighted by molar-refractivity contribution is 5.86. The van der Waals surface area contributed by atoms with Crippen molar-refractivity contribution in [2.75, 3.05) is 33.2 Å². The van der Waals surface area contributed by atoms with Crippen LogP contribution in [0.5, 0.6) is 0 Å². The van der Waals surface area contributed by atoms with E-state index in [4.69, 9.17) is 0 Å². The first-order valence-electron chi connectivity index (χ1n) is 6.79. The number of rotatable bonds is 6. The number of hydrogen-bond acceptors (Lipinski definition) is 4. The largest absolute Gasteiger partial charge is 0.347 e. The highest BCUT2D eigenvalue weighted by Crippen LogP contribution is 2.02. The molecule has 2 N–H and O–H groups in total. The van der Waals surface area contributed by atoms with Crippen LogP contribution in [0.15, 0.2) is 24.4 Å². The van der Waals surface area contributed by atoms with Crippen LogP contribution in [0.25, 0.3) is 0 Å². The SMILES string of the molecule is CN(CCc1ccccn1)C(=O)CNC(=O)C1CNC1.Cl. The fourth-order valence-corrected chi connectivity index (χ4v) is 1.87. The molecule has 0 atom stereocenters. The van der Waals surface area contributed by atoms with E-state index in [-0.39, 0.29) is 36.7 Å². The molecule has 1 saturated heterocycles. The summed E-state index contributed by atoms with van der Waals surface area (Å²) in [6, 6.07) is 5.73. The van der Waals surface area contributed by atoms with E-state index in [2.05, 4.69) is 15.6 Å². The van der Waals surface area contributed by atoms with E-state index in [1.807, 2.05) is 18.2 Å². The third-order valence-electron chi connectivity index (χ3n) is 3.42. The fraction of sp³-hybridized carbons (Fsp3) is 0.500. The summed E-state index contributed by atoms with van der Waals surface area (Å²) in [6.07, 6.45) is 2.45. The Labute approximate surface area is 130 Å². The second-order valence-corrected chi connectivity index (χ2v) is 4.96. The number of aromatic nitrogens is 1. The zero-order valence-corrected chi connectivity index (χ0v) is 12.9. The molecule has 0 saturated carbocycles. The van der Waals surface area contributed by atoms with Crippen molar-refractivity contribution < 1.29 is 9.59 Å². The lowest BCUT2D eigenvalue weighted by Gasteiger charge is -2.26. The topological polar surface area (TPSA) is 74.3 Å². The van der Waals surface area contributed by atoms with Gasteiger partial charge in [0.15, 0.2) is 0 Å². The van der Waals surface area contributed by atoms with Crippen LogP contribution in [0.2, 0.25) is 0 Å². The van der Waals surface area contributed by atoms with Crippen molar-refractivity contribution in [2.45, 2.75) is 6.42 Å². The number of pyridine rings is 1. The molecule has 116 valence electrons. The zero-order chi connectivity index (χ0) is 14.4. The third-order valence-corrected chi connectivity index (χ3v) is 3.42. The lowest BCUT2D eigenvalue weighted by molar-refractivity contribution is -0.133. The van der Waals surface area contributed by atoms with Gasteiger partial charge in [-0.05, 0) is 12.1 Å². The number of amides is 2. The number of carbonyl (C=O) groups excluding carboxylic acids is 2. The van der Waals surface area contributed by atoms with Gasteiger partial charge < -0.3 is 15.5 Å². The van der Waals surface area contributed by atoms with Crippen LogP contribution >= 0.6 is 12.4 Å². The second-order valence-electron chi connectivity index (χ2n) is 4.96. The van der Waals surface area contributed by atoms with Crippen molar-refractivity contribution >= 4 is 24.2 Å². The number of halogens is 1. The Kier molecular flexibility index (Phi) is 7.11. The van der Waals surface area contributed by atoms with Crippen LogP contribution < -0.4 is 10.6 Å². The highest BCUT2D eigenvalue weighted by atomic mass is 35.5. The van der Waals surface area contributed by atoms with Crippen LogP contribution in [-0.4, -0.2) is 54.9 Å². The molecule has 21 heavy (non-hydrogen) atoms. The first-order chi connectivity index (χ1) is 9.66. The Bertz CT molecular complexity index is 465. The highest BCUT2D eigenvalue weighted by Gasteiger charge is 2.25. The first-order valence-corrected chi connectivity index (χ1v) is 6.79. The van der Waals surface area contributed by atoms with Gasteiger partial charge in [0.05, 0.1) is 12.5 Å². The second kappa shape index (κ2) is 8.59.